The molecule has 3 heteroatoms. The van der Waals surface area contributed by atoms with Crippen LogP contribution in [0.3, 0.4) is 0 Å². The topological polar surface area (TPSA) is 29.5 Å². The van der Waals surface area contributed by atoms with Gasteiger partial charge in [-0.05, 0) is 63.1 Å². The lowest BCUT2D eigenvalue weighted by Crippen LogP contribution is -2.38. The maximum absolute atomic E-state index is 12.4. The van der Waals surface area contributed by atoms with Crippen molar-refractivity contribution in [3.05, 3.63) is 23.3 Å². The monoisotopic (exact) mass is 301 g/mol. The summed E-state index contributed by atoms with van der Waals surface area (Å²) in [5.41, 5.74) is 3.12. The maximum Gasteiger partial charge on any atom is 0.311 e. The highest BCUT2D eigenvalue weighted by molar-refractivity contribution is 5.76. The van der Waals surface area contributed by atoms with Crippen LogP contribution in [0.5, 0.6) is 0 Å². The Morgan fingerprint density at radius 3 is 2.91 bits per heavy atom. The molecule has 0 radical (unpaired) electrons. The summed E-state index contributed by atoms with van der Waals surface area (Å²) in [7, 11) is 0. The second kappa shape index (κ2) is 5.23. The van der Waals surface area contributed by atoms with E-state index in [0.717, 1.165) is 32.5 Å². The molecule has 0 bridgehead atoms. The van der Waals surface area contributed by atoms with Crippen molar-refractivity contribution in [1.29, 1.82) is 0 Å². The minimum atomic E-state index is 0.0441. The van der Waals surface area contributed by atoms with Crippen LogP contribution < -0.4 is 0 Å². The molecule has 4 atom stereocenters. The molecule has 0 N–H and O–H groups in total. The van der Waals surface area contributed by atoms with Crippen molar-refractivity contribution in [2.45, 2.75) is 52.1 Å². The van der Waals surface area contributed by atoms with Gasteiger partial charge in [0.05, 0.1) is 5.92 Å². The van der Waals surface area contributed by atoms with Crippen molar-refractivity contribution in [3.63, 3.8) is 0 Å². The standard InChI is InChI=1S/C19H27NO2/c1-13-6-5-7-19(2)11-17-14(10-16(13)19)15(18(21)22-17)12-20-8-3-4-9-20/h6,10,14-15,17H,3-5,7-9,11-12H2,1-2H3/t14-,15-,17-,19-/m1/s1. The lowest BCUT2D eigenvalue weighted by molar-refractivity contribution is -0.145. The number of likely N-dealkylation sites (tertiary alicyclic amines) is 1. The molecule has 4 rings (SSSR count). The number of carbonyl (C=O) groups excluding carboxylic acids is 1. The van der Waals surface area contributed by atoms with E-state index in [-0.39, 0.29) is 29.3 Å². The lowest BCUT2D eigenvalue weighted by atomic mass is 9.62. The Morgan fingerprint density at radius 1 is 1.36 bits per heavy atom. The zero-order valence-corrected chi connectivity index (χ0v) is 13.8. The minimum absolute atomic E-state index is 0.0441. The number of hydrogen-bond donors (Lipinski definition) is 0. The van der Waals surface area contributed by atoms with Crippen LogP contribution in [-0.4, -0.2) is 36.6 Å². The highest BCUT2D eigenvalue weighted by Gasteiger charge is 2.51. The molecule has 0 aromatic carbocycles. The quantitative estimate of drug-likeness (QED) is 0.733. The number of carbonyl (C=O) groups is 1. The fourth-order valence-corrected chi connectivity index (χ4v) is 5.08. The predicted octanol–water partition coefficient (Wildman–Crippen LogP) is 3.32. The number of hydrogen-bond acceptors (Lipinski definition) is 3. The summed E-state index contributed by atoms with van der Waals surface area (Å²) in [5, 5.41) is 0. The van der Waals surface area contributed by atoms with Crippen LogP contribution in [0.1, 0.15) is 46.0 Å². The molecule has 120 valence electrons. The van der Waals surface area contributed by atoms with Crippen LogP contribution in [0.25, 0.3) is 0 Å². The largest absolute Gasteiger partial charge is 0.461 e. The molecule has 0 spiro atoms. The van der Waals surface area contributed by atoms with Gasteiger partial charge in [-0.15, -0.1) is 0 Å². The van der Waals surface area contributed by atoms with Gasteiger partial charge >= 0.3 is 5.97 Å². The van der Waals surface area contributed by atoms with Crippen LogP contribution in [0.4, 0.5) is 0 Å². The summed E-state index contributed by atoms with van der Waals surface area (Å²) in [6.07, 6.45) is 10.8. The van der Waals surface area contributed by atoms with E-state index in [2.05, 4.69) is 30.9 Å². The average molecular weight is 301 g/mol. The van der Waals surface area contributed by atoms with Gasteiger partial charge in [0.15, 0.2) is 0 Å². The van der Waals surface area contributed by atoms with Crippen molar-refractivity contribution in [1.82, 2.24) is 4.90 Å². The van der Waals surface area contributed by atoms with Gasteiger partial charge in [0.2, 0.25) is 0 Å². The third-order valence-corrected chi connectivity index (χ3v) is 6.35. The Labute approximate surface area is 133 Å². The molecule has 0 saturated carbocycles. The van der Waals surface area contributed by atoms with E-state index in [1.807, 2.05) is 0 Å². The third kappa shape index (κ3) is 2.25. The van der Waals surface area contributed by atoms with Gasteiger partial charge < -0.3 is 9.64 Å². The van der Waals surface area contributed by atoms with Crippen LogP contribution in [-0.2, 0) is 9.53 Å². The minimum Gasteiger partial charge on any atom is -0.461 e. The van der Waals surface area contributed by atoms with Crippen LogP contribution >= 0.6 is 0 Å². The maximum atomic E-state index is 12.4. The first-order valence-electron chi connectivity index (χ1n) is 8.89. The highest BCUT2D eigenvalue weighted by atomic mass is 16.6. The summed E-state index contributed by atoms with van der Waals surface area (Å²) in [5.74, 6) is 0.384. The summed E-state index contributed by atoms with van der Waals surface area (Å²) in [4.78, 5) is 14.9. The molecule has 3 nitrogen and oxygen atoms in total. The number of allylic oxidation sites excluding steroid dienone is 3. The molecule has 2 fully saturated rings. The molecule has 22 heavy (non-hydrogen) atoms. The first kappa shape index (κ1) is 14.5. The Hall–Kier alpha value is -1.09. The summed E-state index contributed by atoms with van der Waals surface area (Å²) in [6, 6.07) is 0. The summed E-state index contributed by atoms with van der Waals surface area (Å²) < 4.78 is 5.81. The predicted molar refractivity (Wildman–Crippen MR) is 86.3 cm³/mol. The van der Waals surface area contributed by atoms with E-state index in [9.17, 15) is 4.79 Å². The molecule has 2 aliphatic carbocycles. The Kier molecular flexibility index (Phi) is 3.44. The first-order chi connectivity index (χ1) is 10.6. The van der Waals surface area contributed by atoms with Gasteiger partial charge in [0, 0.05) is 12.5 Å². The molecule has 0 amide bonds. The normalized spacial score (nSPS) is 41.5. The molecule has 2 heterocycles. The number of esters is 1. The van der Waals surface area contributed by atoms with Gasteiger partial charge in [-0.2, -0.15) is 0 Å². The fourth-order valence-electron chi connectivity index (χ4n) is 5.08. The number of ether oxygens (including phenoxy) is 1. The fraction of sp³-hybridized carbons (Fsp3) is 0.737. The Bertz CT molecular complexity index is 544. The van der Waals surface area contributed by atoms with E-state index in [1.165, 1.54) is 30.4 Å². The molecule has 2 aliphatic heterocycles. The summed E-state index contributed by atoms with van der Waals surface area (Å²) >= 11 is 0. The van der Waals surface area contributed by atoms with Crippen LogP contribution in [0, 0.1) is 17.3 Å². The van der Waals surface area contributed by atoms with Crippen molar-refractivity contribution >= 4 is 5.97 Å². The zero-order chi connectivity index (χ0) is 15.3. The van der Waals surface area contributed by atoms with Gasteiger partial charge in [-0.1, -0.05) is 24.6 Å². The van der Waals surface area contributed by atoms with Gasteiger partial charge in [0.1, 0.15) is 6.10 Å². The first-order valence-corrected chi connectivity index (χ1v) is 8.89. The van der Waals surface area contributed by atoms with Crippen molar-refractivity contribution in [3.8, 4) is 0 Å². The molecule has 4 aliphatic rings. The molecule has 0 aromatic heterocycles. The number of nitrogens with zero attached hydrogens (tertiary/aromatic N) is 1. The third-order valence-electron chi connectivity index (χ3n) is 6.35. The SMILES string of the molecule is CC1=CCC[C@]2(C)C[C@H]3OC(=O)[C@H](CN4CCCC4)[C@H]3C=C12. The Balaban J connectivity index is 1.62. The second-order valence-electron chi connectivity index (χ2n) is 7.94. The van der Waals surface area contributed by atoms with Crippen LogP contribution in [0.15, 0.2) is 23.3 Å². The highest BCUT2D eigenvalue weighted by Crippen LogP contribution is 2.52. The van der Waals surface area contributed by atoms with Crippen molar-refractivity contribution in [2.75, 3.05) is 19.6 Å². The molecule has 2 saturated heterocycles. The number of rotatable bonds is 2. The van der Waals surface area contributed by atoms with Crippen molar-refractivity contribution < 1.29 is 9.53 Å². The van der Waals surface area contributed by atoms with Gasteiger partial charge in [-0.3, -0.25) is 4.79 Å². The average Bonchev–Trinajstić information content (AvgIpc) is 3.06. The number of fused-ring (bicyclic) bond motifs is 2. The van der Waals surface area contributed by atoms with Crippen molar-refractivity contribution in [2.24, 2.45) is 17.3 Å². The van der Waals surface area contributed by atoms with E-state index < -0.39 is 0 Å². The van der Waals surface area contributed by atoms with E-state index >= 15 is 0 Å². The molecular weight excluding hydrogens is 274 g/mol. The molecule has 0 aromatic rings. The lowest BCUT2D eigenvalue weighted by Gasteiger charge is -2.43. The van der Waals surface area contributed by atoms with E-state index in [0.29, 0.717) is 0 Å². The van der Waals surface area contributed by atoms with Crippen LogP contribution in [0.2, 0.25) is 0 Å². The van der Waals surface area contributed by atoms with Gasteiger partial charge in [0.25, 0.3) is 0 Å². The second-order valence-corrected chi connectivity index (χ2v) is 7.94. The van der Waals surface area contributed by atoms with Gasteiger partial charge in [-0.25, -0.2) is 0 Å². The molecular formula is C19H27NO2. The van der Waals surface area contributed by atoms with E-state index in [1.54, 1.807) is 0 Å². The zero-order valence-electron chi connectivity index (χ0n) is 13.8. The smallest absolute Gasteiger partial charge is 0.311 e. The Morgan fingerprint density at radius 2 is 2.14 bits per heavy atom. The molecule has 0 unspecified atom stereocenters. The summed E-state index contributed by atoms with van der Waals surface area (Å²) in [6.45, 7) is 7.77. The van der Waals surface area contributed by atoms with E-state index in [4.69, 9.17) is 4.74 Å².